The zero-order chi connectivity index (χ0) is 28.4. The van der Waals surface area contributed by atoms with Crippen LogP contribution in [-0.2, 0) is 22.6 Å². The molecular weight excluding hydrogens is 516 g/mol. The van der Waals surface area contributed by atoms with E-state index in [0.29, 0.717) is 25.5 Å². The van der Waals surface area contributed by atoms with E-state index in [1.165, 1.54) is 0 Å². The van der Waals surface area contributed by atoms with Crippen LogP contribution in [0.5, 0.6) is 0 Å². The molecular formula is C32H34N6O3. The second kappa shape index (κ2) is 13.4. The van der Waals surface area contributed by atoms with Gasteiger partial charge in [-0.1, -0.05) is 60.7 Å². The van der Waals surface area contributed by atoms with Gasteiger partial charge in [-0.3, -0.25) is 4.79 Å². The van der Waals surface area contributed by atoms with Gasteiger partial charge in [-0.15, -0.1) is 0 Å². The minimum absolute atomic E-state index is 0.143. The SMILES string of the molecule is NC(=O)CC(Cc1ccccc1)c1ccnc(Nc2ccc(N3CCN(C(=O)OCc4ccccc4)CC3)cc2)n1. The molecule has 9 heteroatoms. The standard InChI is InChI=1S/C32H34N6O3/c33-30(39)22-26(21-24-7-3-1-4-8-24)29-15-16-34-31(36-29)35-27-11-13-28(14-12-27)37-17-19-38(20-18-37)32(40)41-23-25-9-5-2-6-10-25/h1-16,26H,17-23H2,(H2,33,39)(H,34,35,36). The summed E-state index contributed by atoms with van der Waals surface area (Å²) in [6, 6.07) is 29.6. The Morgan fingerprint density at radius 2 is 1.51 bits per heavy atom. The van der Waals surface area contributed by atoms with Crippen LogP contribution in [0, 0.1) is 0 Å². The summed E-state index contributed by atoms with van der Waals surface area (Å²) in [4.78, 5) is 37.3. The number of ether oxygens (including phenoxy) is 1. The lowest BCUT2D eigenvalue weighted by Crippen LogP contribution is -2.48. The number of carbonyl (C=O) groups excluding carboxylic acids is 2. The first-order valence-electron chi connectivity index (χ1n) is 13.8. The number of benzene rings is 3. The molecule has 1 aromatic heterocycles. The van der Waals surface area contributed by atoms with Crippen LogP contribution in [0.3, 0.4) is 0 Å². The minimum Gasteiger partial charge on any atom is -0.445 e. The number of amides is 2. The van der Waals surface area contributed by atoms with Crippen molar-refractivity contribution >= 4 is 29.3 Å². The second-order valence-electron chi connectivity index (χ2n) is 10.0. The first kappa shape index (κ1) is 27.6. The van der Waals surface area contributed by atoms with Crippen molar-refractivity contribution in [1.29, 1.82) is 0 Å². The first-order chi connectivity index (χ1) is 20.0. The van der Waals surface area contributed by atoms with Crippen molar-refractivity contribution < 1.29 is 14.3 Å². The number of primary amides is 1. The molecule has 9 nitrogen and oxygen atoms in total. The molecule has 2 amide bonds. The lowest BCUT2D eigenvalue weighted by atomic mass is 9.92. The number of nitrogens with one attached hydrogen (secondary N) is 1. The topological polar surface area (TPSA) is 114 Å². The Hall–Kier alpha value is -4.92. The molecule has 0 radical (unpaired) electrons. The molecule has 1 atom stereocenters. The zero-order valence-electron chi connectivity index (χ0n) is 22.9. The summed E-state index contributed by atoms with van der Waals surface area (Å²) in [6.07, 6.45) is 2.28. The fourth-order valence-electron chi connectivity index (χ4n) is 4.93. The van der Waals surface area contributed by atoms with Gasteiger partial charge >= 0.3 is 6.09 Å². The summed E-state index contributed by atoms with van der Waals surface area (Å²) in [7, 11) is 0. The van der Waals surface area contributed by atoms with Gasteiger partial charge in [0.25, 0.3) is 0 Å². The second-order valence-corrected chi connectivity index (χ2v) is 10.0. The lowest BCUT2D eigenvalue weighted by Gasteiger charge is -2.35. The first-order valence-corrected chi connectivity index (χ1v) is 13.8. The van der Waals surface area contributed by atoms with Crippen molar-refractivity contribution in [2.45, 2.75) is 25.4 Å². The van der Waals surface area contributed by atoms with Crippen LogP contribution >= 0.6 is 0 Å². The highest BCUT2D eigenvalue weighted by atomic mass is 16.6. The van der Waals surface area contributed by atoms with Crippen LogP contribution in [-0.4, -0.2) is 53.0 Å². The molecule has 210 valence electrons. The summed E-state index contributed by atoms with van der Waals surface area (Å²) in [6.45, 7) is 2.93. The van der Waals surface area contributed by atoms with E-state index in [2.05, 4.69) is 15.2 Å². The summed E-state index contributed by atoms with van der Waals surface area (Å²) in [5, 5.41) is 3.27. The predicted octanol–water partition coefficient (Wildman–Crippen LogP) is 4.88. The van der Waals surface area contributed by atoms with Gasteiger partial charge in [0.05, 0.1) is 0 Å². The van der Waals surface area contributed by atoms with Gasteiger partial charge in [0.2, 0.25) is 11.9 Å². The van der Waals surface area contributed by atoms with Crippen LogP contribution in [0.1, 0.15) is 29.2 Å². The van der Waals surface area contributed by atoms with E-state index in [4.69, 9.17) is 15.5 Å². The maximum Gasteiger partial charge on any atom is 0.410 e. The van der Waals surface area contributed by atoms with E-state index in [1.54, 1.807) is 11.1 Å². The van der Waals surface area contributed by atoms with E-state index in [-0.39, 0.29) is 30.9 Å². The average molecular weight is 551 g/mol. The van der Waals surface area contributed by atoms with Crippen LogP contribution < -0.4 is 16.0 Å². The smallest absolute Gasteiger partial charge is 0.410 e. The number of anilines is 3. The van der Waals surface area contributed by atoms with Crippen molar-refractivity contribution in [1.82, 2.24) is 14.9 Å². The number of hydrogen-bond acceptors (Lipinski definition) is 7. The number of nitrogens with two attached hydrogens (primary N) is 1. The van der Waals surface area contributed by atoms with Crippen molar-refractivity contribution in [3.05, 3.63) is 114 Å². The van der Waals surface area contributed by atoms with Gasteiger partial charge in [-0.25, -0.2) is 14.8 Å². The molecule has 1 unspecified atom stereocenters. The monoisotopic (exact) mass is 550 g/mol. The third kappa shape index (κ3) is 7.82. The van der Waals surface area contributed by atoms with Crippen molar-refractivity contribution in [3.63, 3.8) is 0 Å². The molecule has 1 aliphatic heterocycles. The van der Waals surface area contributed by atoms with Gasteiger partial charge in [-0.05, 0) is 47.9 Å². The fraction of sp³-hybridized carbons (Fsp3) is 0.250. The molecule has 41 heavy (non-hydrogen) atoms. The Labute approximate surface area is 240 Å². The van der Waals surface area contributed by atoms with E-state index < -0.39 is 0 Å². The Kier molecular flexibility index (Phi) is 9.05. The summed E-state index contributed by atoms with van der Waals surface area (Å²) in [5.74, 6) is -0.0462. The number of aromatic nitrogens is 2. The Morgan fingerprint density at radius 1 is 0.854 bits per heavy atom. The van der Waals surface area contributed by atoms with Crippen molar-refractivity contribution in [3.8, 4) is 0 Å². The maximum atomic E-state index is 12.5. The molecule has 1 saturated heterocycles. The van der Waals surface area contributed by atoms with Crippen LogP contribution in [0.15, 0.2) is 97.2 Å². The van der Waals surface area contributed by atoms with Gasteiger partial charge in [0.1, 0.15) is 6.61 Å². The Morgan fingerprint density at radius 3 is 2.17 bits per heavy atom. The van der Waals surface area contributed by atoms with E-state index >= 15 is 0 Å². The molecule has 1 fully saturated rings. The van der Waals surface area contributed by atoms with Crippen molar-refractivity contribution in [2.75, 3.05) is 36.4 Å². The molecule has 0 spiro atoms. The molecule has 0 bridgehead atoms. The summed E-state index contributed by atoms with van der Waals surface area (Å²) < 4.78 is 5.48. The van der Waals surface area contributed by atoms with Crippen LogP contribution in [0.25, 0.3) is 0 Å². The molecule has 4 aromatic rings. The zero-order valence-corrected chi connectivity index (χ0v) is 22.9. The lowest BCUT2D eigenvalue weighted by molar-refractivity contribution is -0.118. The normalized spacial score (nSPS) is 13.9. The number of carbonyl (C=O) groups is 2. The summed E-state index contributed by atoms with van der Waals surface area (Å²) in [5.41, 5.74) is 10.3. The molecule has 1 aliphatic rings. The van der Waals surface area contributed by atoms with Crippen LogP contribution in [0.4, 0.5) is 22.1 Å². The third-order valence-electron chi connectivity index (χ3n) is 7.10. The highest BCUT2D eigenvalue weighted by molar-refractivity contribution is 5.74. The van der Waals surface area contributed by atoms with E-state index in [1.807, 2.05) is 91.0 Å². The fourth-order valence-corrected chi connectivity index (χ4v) is 4.93. The number of rotatable bonds is 10. The molecule has 3 N–H and O–H groups in total. The largest absolute Gasteiger partial charge is 0.445 e. The summed E-state index contributed by atoms with van der Waals surface area (Å²) >= 11 is 0. The van der Waals surface area contributed by atoms with Gasteiger partial charge < -0.3 is 25.6 Å². The molecule has 0 saturated carbocycles. The number of nitrogens with zero attached hydrogens (tertiary/aromatic N) is 4. The number of hydrogen-bond donors (Lipinski definition) is 2. The third-order valence-corrected chi connectivity index (χ3v) is 7.10. The maximum absolute atomic E-state index is 12.5. The van der Waals surface area contributed by atoms with E-state index in [0.717, 1.165) is 41.3 Å². The quantitative estimate of drug-likeness (QED) is 0.289. The molecule has 5 rings (SSSR count). The van der Waals surface area contributed by atoms with Gasteiger partial charge in [-0.2, -0.15) is 0 Å². The molecule has 3 aromatic carbocycles. The van der Waals surface area contributed by atoms with E-state index in [9.17, 15) is 9.59 Å². The predicted molar refractivity (Wildman–Crippen MR) is 159 cm³/mol. The van der Waals surface area contributed by atoms with Gasteiger partial charge in [0, 0.05) is 61.8 Å². The van der Waals surface area contributed by atoms with Crippen LogP contribution in [0.2, 0.25) is 0 Å². The molecule has 2 heterocycles. The highest BCUT2D eigenvalue weighted by Gasteiger charge is 2.22. The Balaban J connectivity index is 1.15. The Bertz CT molecular complexity index is 1430. The van der Waals surface area contributed by atoms with Crippen molar-refractivity contribution in [2.24, 2.45) is 5.73 Å². The highest BCUT2D eigenvalue weighted by Crippen LogP contribution is 2.25. The average Bonchev–Trinajstić information content (AvgIpc) is 3.01. The van der Waals surface area contributed by atoms with Gasteiger partial charge in [0.15, 0.2) is 0 Å². The number of piperazine rings is 1. The molecule has 0 aliphatic carbocycles. The minimum atomic E-state index is -0.362.